The average Bonchev–Trinajstić information content (AvgIpc) is 2.59. The number of benzene rings is 1. The summed E-state index contributed by atoms with van der Waals surface area (Å²) in [5.74, 6) is -0.400. The van der Waals surface area contributed by atoms with Crippen molar-refractivity contribution in [3.63, 3.8) is 0 Å². The van der Waals surface area contributed by atoms with E-state index in [-0.39, 0.29) is 29.5 Å². The Hall–Kier alpha value is -2.17. The number of amides is 2. The summed E-state index contributed by atoms with van der Waals surface area (Å²) in [7, 11) is 1.81. The summed E-state index contributed by atoms with van der Waals surface area (Å²) in [6.07, 6.45) is 6.45. The predicted octanol–water partition coefficient (Wildman–Crippen LogP) is 2.79. The quantitative estimate of drug-likeness (QED) is 0.923. The summed E-state index contributed by atoms with van der Waals surface area (Å²) in [6, 6.07) is 6.34. The van der Waals surface area contributed by atoms with E-state index in [0.29, 0.717) is 18.5 Å². The molecule has 0 radical (unpaired) electrons. The maximum absolute atomic E-state index is 13.7. The second-order valence-corrected chi connectivity index (χ2v) is 6.76. The Morgan fingerprint density at radius 1 is 1.33 bits per heavy atom. The van der Waals surface area contributed by atoms with Gasteiger partial charge in [0, 0.05) is 31.1 Å². The first-order valence-electron chi connectivity index (χ1n) is 8.49. The van der Waals surface area contributed by atoms with Gasteiger partial charge in [-0.05, 0) is 37.3 Å². The zero-order valence-electron chi connectivity index (χ0n) is 14.0. The molecule has 128 valence electrons. The van der Waals surface area contributed by atoms with Gasteiger partial charge in [0.1, 0.15) is 5.82 Å². The number of hydrogen-bond donors (Lipinski definition) is 1. The van der Waals surface area contributed by atoms with Gasteiger partial charge in [-0.3, -0.25) is 9.59 Å². The SMILES string of the molecule is CN1C(=O)CCC2(CNC(=O)Cc3ccccc3F)CCCC=C12. The molecule has 0 spiro atoms. The first-order chi connectivity index (χ1) is 11.5. The molecule has 2 aliphatic rings. The van der Waals surface area contributed by atoms with E-state index in [9.17, 15) is 14.0 Å². The molecular weight excluding hydrogens is 307 g/mol. The third-order valence-corrected chi connectivity index (χ3v) is 5.23. The molecule has 1 heterocycles. The number of piperidine rings is 1. The lowest BCUT2D eigenvalue weighted by molar-refractivity contribution is -0.132. The van der Waals surface area contributed by atoms with E-state index in [1.54, 1.807) is 23.1 Å². The molecule has 1 N–H and O–H groups in total. The van der Waals surface area contributed by atoms with E-state index in [1.165, 1.54) is 6.07 Å². The normalized spacial score (nSPS) is 23.5. The topological polar surface area (TPSA) is 49.4 Å². The van der Waals surface area contributed by atoms with E-state index in [0.717, 1.165) is 31.4 Å². The lowest BCUT2D eigenvalue weighted by Gasteiger charge is -2.46. The summed E-state index contributed by atoms with van der Waals surface area (Å²) in [6.45, 7) is 0.504. The van der Waals surface area contributed by atoms with Crippen LogP contribution in [0.4, 0.5) is 4.39 Å². The monoisotopic (exact) mass is 330 g/mol. The van der Waals surface area contributed by atoms with Gasteiger partial charge in [-0.1, -0.05) is 24.3 Å². The highest BCUT2D eigenvalue weighted by Gasteiger charge is 2.43. The number of rotatable bonds is 4. The minimum Gasteiger partial charge on any atom is -0.355 e. The third kappa shape index (κ3) is 3.21. The number of allylic oxidation sites excluding steroid dienone is 1. The minimum atomic E-state index is -0.355. The van der Waals surface area contributed by atoms with Gasteiger partial charge in [0.15, 0.2) is 0 Å². The Morgan fingerprint density at radius 3 is 2.92 bits per heavy atom. The number of fused-ring (bicyclic) bond motifs is 1. The van der Waals surface area contributed by atoms with Crippen molar-refractivity contribution in [2.24, 2.45) is 5.41 Å². The van der Waals surface area contributed by atoms with Crippen molar-refractivity contribution in [2.75, 3.05) is 13.6 Å². The largest absolute Gasteiger partial charge is 0.355 e. The molecule has 1 aromatic carbocycles. The van der Waals surface area contributed by atoms with Crippen molar-refractivity contribution in [3.8, 4) is 0 Å². The Kier molecular flexibility index (Phi) is 4.69. The number of nitrogens with one attached hydrogen (secondary N) is 1. The molecule has 5 heteroatoms. The number of likely N-dealkylation sites (tertiary alicyclic amines) is 1. The molecule has 0 bridgehead atoms. The summed E-state index contributed by atoms with van der Waals surface area (Å²) in [5.41, 5.74) is 1.28. The van der Waals surface area contributed by atoms with Gasteiger partial charge in [0.2, 0.25) is 11.8 Å². The molecule has 1 aromatic rings. The average molecular weight is 330 g/mol. The molecule has 3 rings (SSSR count). The van der Waals surface area contributed by atoms with Crippen LogP contribution < -0.4 is 5.32 Å². The van der Waals surface area contributed by atoms with Crippen LogP contribution in [0.3, 0.4) is 0 Å². The molecule has 1 saturated heterocycles. The first kappa shape index (κ1) is 16.7. The summed E-state index contributed by atoms with van der Waals surface area (Å²) in [5, 5.41) is 2.97. The highest BCUT2D eigenvalue weighted by Crippen LogP contribution is 2.45. The molecule has 1 aliphatic heterocycles. The van der Waals surface area contributed by atoms with Crippen LogP contribution in [0.2, 0.25) is 0 Å². The van der Waals surface area contributed by atoms with Gasteiger partial charge < -0.3 is 10.2 Å². The van der Waals surface area contributed by atoms with Crippen molar-refractivity contribution in [2.45, 2.75) is 38.5 Å². The van der Waals surface area contributed by atoms with Crippen LogP contribution in [-0.4, -0.2) is 30.3 Å². The number of carbonyl (C=O) groups is 2. The van der Waals surface area contributed by atoms with Gasteiger partial charge in [-0.2, -0.15) is 0 Å². The molecule has 0 aromatic heterocycles. The Bertz CT molecular complexity index is 686. The van der Waals surface area contributed by atoms with Gasteiger partial charge in [-0.25, -0.2) is 4.39 Å². The fourth-order valence-electron chi connectivity index (χ4n) is 3.83. The van der Waals surface area contributed by atoms with Gasteiger partial charge >= 0.3 is 0 Å². The second kappa shape index (κ2) is 6.75. The third-order valence-electron chi connectivity index (χ3n) is 5.23. The maximum atomic E-state index is 13.7. The number of nitrogens with zero attached hydrogens (tertiary/aromatic N) is 1. The molecule has 4 nitrogen and oxygen atoms in total. The highest BCUT2D eigenvalue weighted by molar-refractivity contribution is 5.80. The standard InChI is InChI=1S/C19H23FN2O2/c1-22-16-8-4-5-10-19(16,11-9-18(22)24)13-21-17(23)12-14-6-2-3-7-15(14)20/h2-3,6-8H,4-5,9-13H2,1H3,(H,21,23). The Balaban J connectivity index is 1.67. The molecule has 1 fully saturated rings. The minimum absolute atomic E-state index is 0.0383. The summed E-state index contributed by atoms with van der Waals surface area (Å²) >= 11 is 0. The summed E-state index contributed by atoms with van der Waals surface area (Å²) in [4.78, 5) is 26.0. The van der Waals surface area contributed by atoms with Gasteiger partial charge in [-0.15, -0.1) is 0 Å². The fourth-order valence-corrected chi connectivity index (χ4v) is 3.83. The lowest BCUT2D eigenvalue weighted by Crippen LogP contribution is -2.49. The van der Waals surface area contributed by atoms with Crippen molar-refractivity contribution < 1.29 is 14.0 Å². The van der Waals surface area contributed by atoms with Crippen molar-refractivity contribution >= 4 is 11.8 Å². The fraction of sp³-hybridized carbons (Fsp3) is 0.474. The van der Waals surface area contributed by atoms with Crippen LogP contribution in [0.15, 0.2) is 36.0 Å². The maximum Gasteiger partial charge on any atom is 0.226 e. The van der Waals surface area contributed by atoms with Crippen LogP contribution in [-0.2, 0) is 16.0 Å². The summed E-state index contributed by atoms with van der Waals surface area (Å²) < 4.78 is 13.7. The zero-order chi connectivity index (χ0) is 17.2. The number of hydrogen-bond acceptors (Lipinski definition) is 2. The first-order valence-corrected chi connectivity index (χ1v) is 8.49. The van der Waals surface area contributed by atoms with Crippen molar-refractivity contribution in [3.05, 3.63) is 47.4 Å². The Labute approximate surface area is 141 Å². The smallest absolute Gasteiger partial charge is 0.226 e. The van der Waals surface area contributed by atoms with Crippen LogP contribution >= 0.6 is 0 Å². The van der Waals surface area contributed by atoms with Gasteiger partial charge in [0.05, 0.1) is 6.42 Å². The lowest BCUT2D eigenvalue weighted by atomic mass is 9.70. The van der Waals surface area contributed by atoms with Crippen LogP contribution in [0.1, 0.15) is 37.7 Å². The number of halogens is 1. The molecular formula is C19H23FN2O2. The van der Waals surface area contributed by atoms with Crippen LogP contribution in [0.5, 0.6) is 0 Å². The molecule has 1 unspecified atom stereocenters. The van der Waals surface area contributed by atoms with E-state index in [4.69, 9.17) is 0 Å². The zero-order valence-corrected chi connectivity index (χ0v) is 14.0. The molecule has 0 saturated carbocycles. The molecule has 1 aliphatic carbocycles. The molecule has 24 heavy (non-hydrogen) atoms. The molecule has 2 amide bonds. The predicted molar refractivity (Wildman–Crippen MR) is 89.5 cm³/mol. The van der Waals surface area contributed by atoms with Crippen molar-refractivity contribution in [1.29, 1.82) is 0 Å². The van der Waals surface area contributed by atoms with E-state index >= 15 is 0 Å². The van der Waals surface area contributed by atoms with E-state index in [1.807, 2.05) is 7.05 Å². The van der Waals surface area contributed by atoms with Crippen molar-refractivity contribution in [1.82, 2.24) is 10.2 Å². The second-order valence-electron chi connectivity index (χ2n) is 6.76. The number of carbonyl (C=O) groups excluding carboxylic acids is 2. The van der Waals surface area contributed by atoms with Gasteiger partial charge in [0.25, 0.3) is 0 Å². The van der Waals surface area contributed by atoms with E-state index in [2.05, 4.69) is 11.4 Å². The highest BCUT2D eigenvalue weighted by atomic mass is 19.1. The van der Waals surface area contributed by atoms with Crippen LogP contribution in [0.25, 0.3) is 0 Å². The Morgan fingerprint density at radius 2 is 2.12 bits per heavy atom. The van der Waals surface area contributed by atoms with Crippen LogP contribution in [0, 0.1) is 11.2 Å². The van der Waals surface area contributed by atoms with E-state index < -0.39 is 0 Å². The molecule has 1 atom stereocenters.